The van der Waals surface area contributed by atoms with Crippen LogP contribution in [-0.4, -0.2) is 55.1 Å². The third kappa shape index (κ3) is 4.35. The first-order chi connectivity index (χ1) is 20.4. The van der Waals surface area contributed by atoms with Crippen LogP contribution in [0.2, 0.25) is 0 Å². The summed E-state index contributed by atoms with van der Waals surface area (Å²) in [5, 5.41) is 23.6. The molecule has 13 heteroatoms. The summed E-state index contributed by atoms with van der Waals surface area (Å²) < 4.78 is 6.76. The van der Waals surface area contributed by atoms with Gasteiger partial charge in [-0.1, -0.05) is 6.92 Å². The first-order valence-corrected chi connectivity index (χ1v) is 13.8. The van der Waals surface area contributed by atoms with Crippen LogP contribution >= 0.6 is 0 Å². The predicted molar refractivity (Wildman–Crippen MR) is 154 cm³/mol. The highest BCUT2D eigenvalue weighted by Gasteiger charge is 2.45. The molecule has 0 radical (unpaired) electrons. The van der Waals surface area contributed by atoms with Gasteiger partial charge in [0.2, 0.25) is 0 Å². The van der Waals surface area contributed by atoms with E-state index in [-0.39, 0.29) is 47.7 Å². The summed E-state index contributed by atoms with van der Waals surface area (Å²) in [6.07, 6.45) is 0.683. The summed E-state index contributed by atoms with van der Waals surface area (Å²) >= 11 is 0. The number of carbonyl (C=O) groups excluding carboxylic acids is 3. The van der Waals surface area contributed by atoms with Crippen molar-refractivity contribution in [1.29, 1.82) is 0 Å². The Balaban J connectivity index is 1.41. The summed E-state index contributed by atoms with van der Waals surface area (Å²) in [4.78, 5) is 73.6. The van der Waals surface area contributed by atoms with E-state index in [0.29, 0.717) is 29.0 Å². The van der Waals surface area contributed by atoms with Crippen molar-refractivity contribution in [3.8, 4) is 11.4 Å². The first-order valence-electron chi connectivity index (χ1n) is 13.8. The highest BCUT2D eigenvalue weighted by molar-refractivity contribution is 6.48. The summed E-state index contributed by atoms with van der Waals surface area (Å²) in [5.74, 6) is -2.33. The van der Waals surface area contributed by atoms with E-state index in [1.54, 1.807) is 29.7 Å². The van der Waals surface area contributed by atoms with E-state index in [4.69, 9.17) is 14.8 Å². The number of aromatic nitrogens is 2. The second-order valence-electron chi connectivity index (χ2n) is 10.8. The van der Waals surface area contributed by atoms with Crippen LogP contribution in [-0.2, 0) is 50.7 Å². The number of ether oxygens (including phenoxy) is 1. The van der Waals surface area contributed by atoms with Crippen LogP contribution in [0.5, 0.6) is 0 Å². The fourth-order valence-corrected chi connectivity index (χ4v) is 6.12. The average Bonchev–Trinajstić information content (AvgIpc) is 3.35. The van der Waals surface area contributed by atoms with E-state index in [1.807, 2.05) is 0 Å². The summed E-state index contributed by atoms with van der Waals surface area (Å²) in [7, 11) is 0. The number of amides is 3. The number of fused-ring (bicyclic) bond motifs is 5. The molecule has 0 saturated heterocycles. The number of aliphatic hydroxyl groups is 1. The summed E-state index contributed by atoms with van der Waals surface area (Å²) in [5.41, 5.74) is 2.85. The van der Waals surface area contributed by atoms with Crippen molar-refractivity contribution in [2.75, 3.05) is 5.32 Å². The molecule has 13 nitrogen and oxygen atoms in total. The number of anilines is 1. The van der Waals surface area contributed by atoms with E-state index in [9.17, 15) is 29.1 Å². The summed E-state index contributed by atoms with van der Waals surface area (Å²) in [6, 6.07) is 5.17. The van der Waals surface area contributed by atoms with Crippen molar-refractivity contribution < 1.29 is 34.1 Å². The molecule has 2 aliphatic heterocycles. The molecular weight excluding hydrogens is 558 g/mol. The van der Waals surface area contributed by atoms with Crippen LogP contribution in [0, 0.1) is 0 Å². The van der Waals surface area contributed by atoms with Crippen LogP contribution in [0.15, 0.2) is 33.0 Å². The van der Waals surface area contributed by atoms with Crippen molar-refractivity contribution in [2.24, 2.45) is 9.98 Å². The lowest BCUT2D eigenvalue weighted by molar-refractivity contribution is -0.172. The van der Waals surface area contributed by atoms with Gasteiger partial charge in [-0.15, -0.1) is 0 Å². The minimum Gasteiger partial charge on any atom is -0.463 e. The van der Waals surface area contributed by atoms with Crippen molar-refractivity contribution in [3.63, 3.8) is 0 Å². The lowest BCUT2D eigenvalue weighted by Crippen LogP contribution is -2.44. The molecule has 3 N–H and O–H groups in total. The number of nitrogens with zero attached hydrogens (tertiary/aromatic N) is 4. The van der Waals surface area contributed by atoms with Crippen molar-refractivity contribution >= 4 is 51.9 Å². The van der Waals surface area contributed by atoms with Crippen LogP contribution in [0.1, 0.15) is 61.4 Å². The SMILES string of the molecule is CC[C@@]1(O)C(=O)OCc2c1cc1n(c2=O)Cc2c-1nc1ccc(NC(=O)C(C)=NC(=O)C(C)=NC(=O)O)c3c1c2CCC3. The van der Waals surface area contributed by atoms with Crippen molar-refractivity contribution in [3.05, 3.63) is 56.4 Å². The number of carboxylic acid groups (broad SMARTS) is 1. The molecule has 4 heterocycles. The number of aryl methyl sites for hydroxylation is 2. The van der Waals surface area contributed by atoms with Gasteiger partial charge >= 0.3 is 12.1 Å². The smallest absolute Gasteiger partial charge is 0.431 e. The monoisotopic (exact) mass is 585 g/mol. The molecule has 2 aromatic heterocycles. The number of pyridine rings is 2. The minimum atomic E-state index is -1.91. The maximum absolute atomic E-state index is 13.6. The lowest BCUT2D eigenvalue weighted by atomic mass is 9.85. The Morgan fingerprint density at radius 3 is 2.53 bits per heavy atom. The normalized spacial score (nSPS) is 18.9. The molecule has 1 aromatic carbocycles. The lowest BCUT2D eigenvalue weighted by Gasteiger charge is -2.31. The number of carbonyl (C=O) groups is 4. The number of aliphatic imine (C=N–C) groups is 2. The molecule has 3 amide bonds. The number of benzene rings is 1. The number of cyclic esters (lactones) is 1. The second-order valence-corrected chi connectivity index (χ2v) is 10.8. The fraction of sp³-hybridized carbons (Fsp3) is 0.333. The molecule has 0 spiro atoms. The molecule has 1 atom stereocenters. The largest absolute Gasteiger partial charge is 0.463 e. The highest BCUT2D eigenvalue weighted by atomic mass is 16.6. The van der Waals surface area contributed by atoms with E-state index in [2.05, 4.69) is 15.3 Å². The van der Waals surface area contributed by atoms with E-state index < -0.39 is 29.5 Å². The Bertz CT molecular complexity index is 1940. The number of rotatable bonds is 4. The standard InChI is InChI=1S/C30H27N5O8/c1-4-30(42)19-10-22-24-17(11-35(22)27(38)18(19)12-43-28(30)39)15-6-5-7-16-20(8-9-21(33-24)23(15)16)34-26(37)13(2)31-25(36)14(3)32-29(40)41/h8-10,42H,4-7,11-12H2,1-3H3,(H,34,37)(H,40,41)/t30-/m0/s1. The third-order valence-electron chi connectivity index (χ3n) is 8.35. The topological polar surface area (TPSA) is 190 Å². The maximum Gasteiger partial charge on any atom is 0.431 e. The zero-order valence-corrected chi connectivity index (χ0v) is 23.6. The first kappa shape index (κ1) is 28.1. The Labute approximate surface area is 243 Å². The van der Waals surface area contributed by atoms with Crippen LogP contribution in [0.4, 0.5) is 10.5 Å². The second kappa shape index (κ2) is 10.1. The maximum atomic E-state index is 13.6. The van der Waals surface area contributed by atoms with E-state index in [1.165, 1.54) is 13.8 Å². The Morgan fingerprint density at radius 2 is 1.81 bits per heavy atom. The van der Waals surface area contributed by atoms with Crippen LogP contribution < -0.4 is 10.9 Å². The Hall–Kier alpha value is -5.04. The fourth-order valence-electron chi connectivity index (χ4n) is 6.12. The van der Waals surface area contributed by atoms with Gasteiger partial charge in [-0.25, -0.2) is 19.6 Å². The van der Waals surface area contributed by atoms with Gasteiger partial charge in [0, 0.05) is 22.2 Å². The molecule has 220 valence electrons. The molecule has 43 heavy (non-hydrogen) atoms. The minimum absolute atomic E-state index is 0.0523. The number of hydrogen-bond donors (Lipinski definition) is 3. The molecule has 1 aliphatic carbocycles. The van der Waals surface area contributed by atoms with Crippen LogP contribution in [0.3, 0.4) is 0 Å². The zero-order chi connectivity index (χ0) is 30.8. The van der Waals surface area contributed by atoms with Gasteiger partial charge < -0.3 is 24.8 Å². The quantitative estimate of drug-likeness (QED) is 0.239. The van der Waals surface area contributed by atoms with Gasteiger partial charge in [0.25, 0.3) is 17.4 Å². The molecule has 3 aromatic rings. The van der Waals surface area contributed by atoms with Gasteiger partial charge in [0.15, 0.2) is 5.60 Å². The van der Waals surface area contributed by atoms with E-state index in [0.717, 1.165) is 34.9 Å². The molecule has 0 bridgehead atoms. The van der Waals surface area contributed by atoms with E-state index >= 15 is 0 Å². The average molecular weight is 586 g/mol. The Kier molecular flexibility index (Phi) is 6.57. The van der Waals surface area contributed by atoms with Gasteiger partial charge in [-0.2, -0.15) is 4.99 Å². The van der Waals surface area contributed by atoms with Gasteiger partial charge in [-0.3, -0.25) is 14.4 Å². The van der Waals surface area contributed by atoms with Crippen molar-refractivity contribution in [2.45, 2.75) is 65.2 Å². The zero-order valence-electron chi connectivity index (χ0n) is 23.6. The summed E-state index contributed by atoms with van der Waals surface area (Å²) in [6.45, 7) is 4.27. The molecule has 0 fully saturated rings. The van der Waals surface area contributed by atoms with Crippen LogP contribution in [0.25, 0.3) is 22.3 Å². The highest BCUT2D eigenvalue weighted by Crippen LogP contribution is 2.43. The molecule has 6 rings (SSSR count). The van der Waals surface area contributed by atoms with Gasteiger partial charge in [0.1, 0.15) is 18.0 Å². The molecular formula is C30H27N5O8. The number of esters is 1. The number of hydrogen-bond acceptors (Lipinski definition) is 8. The van der Waals surface area contributed by atoms with Gasteiger partial charge in [0.05, 0.1) is 29.0 Å². The Morgan fingerprint density at radius 1 is 1.07 bits per heavy atom. The molecule has 0 unspecified atom stereocenters. The number of nitrogens with one attached hydrogen (secondary N) is 1. The molecule has 3 aliphatic rings. The van der Waals surface area contributed by atoms with Gasteiger partial charge in [-0.05, 0) is 68.9 Å². The molecule has 0 saturated carbocycles. The van der Waals surface area contributed by atoms with Crippen molar-refractivity contribution in [1.82, 2.24) is 9.55 Å². The predicted octanol–water partition coefficient (Wildman–Crippen LogP) is 2.63. The third-order valence-corrected chi connectivity index (χ3v) is 8.35.